The van der Waals surface area contributed by atoms with Crippen LogP contribution in [0.3, 0.4) is 0 Å². The first-order valence-corrected chi connectivity index (χ1v) is 12.1. The van der Waals surface area contributed by atoms with E-state index < -0.39 is 21.4 Å². The molecule has 0 aliphatic heterocycles. The first-order chi connectivity index (χ1) is 4.36. The van der Waals surface area contributed by atoms with Crippen LogP contribution in [-0.4, -0.2) is 27.2 Å². The van der Waals surface area contributed by atoms with Crippen LogP contribution < -0.4 is 0 Å². The molecule has 58 valence electrons. The summed E-state index contributed by atoms with van der Waals surface area (Å²) in [4.78, 5) is 10.8. The Morgan fingerprint density at radius 1 is 1.40 bits per heavy atom. The van der Waals surface area contributed by atoms with Gasteiger partial charge in [-0.05, 0) is 0 Å². The number of carbonyl (C=O) groups excluding carboxylic acids is 1. The van der Waals surface area contributed by atoms with E-state index in [0.717, 1.165) is 6.42 Å². The first-order valence-electron chi connectivity index (χ1n) is 3.85. The average molecular weight is 244 g/mol. The first kappa shape index (κ1) is 10.5. The Hall–Kier alpha value is 0.540. The van der Waals surface area contributed by atoms with Crippen LogP contribution in [0.25, 0.3) is 0 Å². The predicted molar refractivity (Wildman–Crippen MR) is 46.8 cm³/mol. The normalized spacial score (nSPS) is 11.3. The molecule has 0 radical (unpaired) electrons. The molecule has 0 amide bonds. The van der Waals surface area contributed by atoms with Gasteiger partial charge in [-0.15, -0.1) is 0 Å². The minimum atomic E-state index is -1.29. The zero-order chi connectivity index (χ0) is 8.36. The maximum absolute atomic E-state index is 10.8. The monoisotopic (exact) mass is 244 g/mol. The van der Waals surface area contributed by atoms with E-state index >= 15 is 0 Å². The molecule has 0 aliphatic rings. The molecule has 0 N–H and O–H groups in total. The molecule has 0 saturated heterocycles. The van der Waals surface area contributed by atoms with Gasteiger partial charge in [-0.2, -0.15) is 0 Å². The fourth-order valence-corrected chi connectivity index (χ4v) is 2.83. The topological polar surface area (TPSA) is 17.1 Å². The number of rotatable bonds is 3. The van der Waals surface area contributed by atoms with Crippen molar-refractivity contribution in [3.63, 3.8) is 0 Å². The molecular weight excluding hydrogens is 227 g/mol. The van der Waals surface area contributed by atoms with E-state index in [9.17, 15) is 4.79 Å². The summed E-state index contributed by atoms with van der Waals surface area (Å²) < 4.78 is 5.11. The predicted octanol–water partition coefficient (Wildman–Crippen LogP) is 2.50. The van der Waals surface area contributed by atoms with Crippen molar-refractivity contribution in [1.82, 2.24) is 0 Å². The molecule has 0 aliphatic carbocycles. The van der Waals surface area contributed by atoms with Crippen molar-refractivity contribution in [2.75, 3.05) is 0 Å². The summed E-state index contributed by atoms with van der Waals surface area (Å²) in [5, 5.41) is 0. The molecular formula is C8H17InO. The molecule has 0 fully saturated rings. The molecule has 0 saturated carbocycles. The van der Waals surface area contributed by atoms with E-state index in [4.69, 9.17) is 0 Å². The molecule has 0 aromatic heterocycles. The molecule has 0 atom stereocenters. The van der Waals surface area contributed by atoms with Crippen molar-refractivity contribution in [3.05, 3.63) is 0 Å². The molecule has 0 heterocycles. The summed E-state index contributed by atoms with van der Waals surface area (Å²) in [6.07, 6.45) is 0.792. The van der Waals surface area contributed by atoms with Crippen LogP contribution in [0.4, 0.5) is 0 Å². The van der Waals surface area contributed by atoms with Crippen LogP contribution in [0.2, 0.25) is 12.5 Å². The van der Waals surface area contributed by atoms with Crippen molar-refractivity contribution in [3.8, 4) is 0 Å². The van der Waals surface area contributed by atoms with Crippen molar-refractivity contribution >= 4 is 27.2 Å². The molecule has 0 aromatic rings. The van der Waals surface area contributed by atoms with Crippen LogP contribution in [0.5, 0.6) is 0 Å². The Labute approximate surface area is 71.7 Å². The van der Waals surface area contributed by atoms with E-state index in [1.807, 2.05) is 0 Å². The van der Waals surface area contributed by atoms with Gasteiger partial charge in [-0.1, -0.05) is 0 Å². The Morgan fingerprint density at radius 3 is 1.90 bits per heavy atom. The second-order valence-corrected chi connectivity index (χ2v) is 15.1. The average Bonchev–Trinajstić information content (AvgIpc) is 1.60. The molecule has 1 nitrogen and oxygen atoms in total. The fraction of sp³-hybridized carbons (Fsp3) is 0.875. The van der Waals surface area contributed by atoms with E-state index in [2.05, 4.69) is 23.2 Å². The van der Waals surface area contributed by atoms with Gasteiger partial charge >= 0.3 is 71.7 Å². The van der Waals surface area contributed by atoms with Gasteiger partial charge in [-0.25, -0.2) is 0 Å². The number of ketones is 1. The zero-order valence-corrected chi connectivity index (χ0v) is 11.0. The second kappa shape index (κ2) is 3.80. The van der Waals surface area contributed by atoms with Crippen LogP contribution in [-0.2, 0) is 4.79 Å². The Bertz CT molecular complexity index is 127. The summed E-state index contributed by atoms with van der Waals surface area (Å²) in [6.45, 7) is 6.15. The molecule has 0 unspecified atom stereocenters. The van der Waals surface area contributed by atoms with Crippen molar-refractivity contribution in [1.29, 1.82) is 0 Å². The zero-order valence-electron chi connectivity index (χ0n) is 7.69. The Balaban J connectivity index is 3.99. The van der Waals surface area contributed by atoms with Crippen LogP contribution in [0.1, 0.15) is 27.2 Å². The van der Waals surface area contributed by atoms with Gasteiger partial charge in [0, 0.05) is 0 Å². The second-order valence-electron chi connectivity index (χ2n) is 4.02. The molecule has 0 aromatic carbocycles. The maximum atomic E-state index is 10.8. The number of carbonyl (C=O) groups is 1. The summed E-state index contributed by atoms with van der Waals surface area (Å²) in [6, 6.07) is 0. The Morgan fingerprint density at radius 2 is 1.80 bits per heavy atom. The SMILES string of the molecule is CC(=O)C[C](C)(C)[In]([CH3])[CH3]. The van der Waals surface area contributed by atoms with E-state index in [-0.39, 0.29) is 0 Å². The quantitative estimate of drug-likeness (QED) is 0.745. The van der Waals surface area contributed by atoms with Gasteiger partial charge in [-0.3, -0.25) is 0 Å². The molecule has 2 heteroatoms. The minimum absolute atomic E-state index is 0.343. The van der Waals surface area contributed by atoms with Crippen LogP contribution >= 0.6 is 0 Å². The summed E-state index contributed by atoms with van der Waals surface area (Å²) in [7, 11) is 0. The standard InChI is InChI=1S/C6H11O.2CH3.In/c1-5(2)4-6(3)7;;;/h4H2,1-3H3;2*1H3;. The van der Waals surface area contributed by atoms with Gasteiger partial charge in [0.2, 0.25) is 0 Å². The summed E-state index contributed by atoms with van der Waals surface area (Å²) in [5.74, 6) is 0.343. The molecule has 0 bridgehead atoms. The molecule has 0 spiro atoms. The number of hydrogen-bond acceptors (Lipinski definition) is 1. The fourth-order valence-electron chi connectivity index (χ4n) is 0.846. The molecule has 0 rings (SSSR count). The Kier molecular flexibility index (Phi) is 4.00. The number of Topliss-reactive ketones (excluding diaryl/α,β-unsaturated/α-hetero) is 1. The van der Waals surface area contributed by atoms with Crippen molar-refractivity contribution in [2.24, 2.45) is 0 Å². The van der Waals surface area contributed by atoms with Crippen LogP contribution in [0, 0.1) is 0 Å². The van der Waals surface area contributed by atoms with Crippen molar-refractivity contribution < 1.29 is 4.79 Å². The van der Waals surface area contributed by atoms with E-state index in [1.54, 1.807) is 6.92 Å². The van der Waals surface area contributed by atoms with Gasteiger partial charge in [0.1, 0.15) is 0 Å². The third kappa shape index (κ3) is 3.65. The third-order valence-corrected chi connectivity index (χ3v) is 11.8. The van der Waals surface area contributed by atoms with Gasteiger partial charge < -0.3 is 0 Å². The summed E-state index contributed by atoms with van der Waals surface area (Å²) >= 11 is -1.29. The van der Waals surface area contributed by atoms with Crippen LogP contribution in [0.15, 0.2) is 0 Å². The third-order valence-electron chi connectivity index (χ3n) is 2.27. The molecule has 10 heavy (non-hydrogen) atoms. The summed E-state index contributed by atoms with van der Waals surface area (Å²) in [5.41, 5.74) is 0. The van der Waals surface area contributed by atoms with Gasteiger partial charge in [0.25, 0.3) is 0 Å². The van der Waals surface area contributed by atoms with Gasteiger partial charge in [0.15, 0.2) is 0 Å². The van der Waals surface area contributed by atoms with E-state index in [0.29, 0.717) is 8.95 Å². The number of hydrogen-bond donors (Lipinski definition) is 0. The van der Waals surface area contributed by atoms with Gasteiger partial charge in [0.05, 0.1) is 0 Å². The van der Waals surface area contributed by atoms with Crippen molar-refractivity contribution in [2.45, 2.75) is 39.7 Å². The van der Waals surface area contributed by atoms with E-state index in [1.165, 1.54) is 0 Å².